The molecule has 0 spiro atoms. The van der Waals surface area contributed by atoms with Crippen molar-refractivity contribution < 1.29 is 8.42 Å². The van der Waals surface area contributed by atoms with Crippen LogP contribution >= 0.6 is 24.0 Å². The average molecular weight is 505 g/mol. The summed E-state index contributed by atoms with van der Waals surface area (Å²) < 4.78 is 23.9. The first-order valence-electron chi connectivity index (χ1n) is 9.61. The van der Waals surface area contributed by atoms with Crippen LogP contribution in [0.1, 0.15) is 45.6 Å². The Morgan fingerprint density at radius 2 is 1.89 bits per heavy atom. The maximum Gasteiger partial charge on any atom is 0.194 e. The number of hydrogen-bond donors (Lipinski definition) is 1. The third-order valence-corrected chi connectivity index (χ3v) is 8.44. The number of benzene rings is 1. The summed E-state index contributed by atoms with van der Waals surface area (Å²) in [5, 5.41) is 3.37. The zero-order valence-electron chi connectivity index (χ0n) is 16.6. The molecule has 0 aromatic heterocycles. The predicted octanol–water partition coefficient (Wildman–Crippen LogP) is 3.20. The molecule has 0 radical (unpaired) electrons. The van der Waals surface area contributed by atoms with E-state index in [2.05, 4.69) is 47.5 Å². The molecule has 1 aliphatic carbocycles. The van der Waals surface area contributed by atoms with Gasteiger partial charge in [0.05, 0.1) is 17.0 Å². The molecule has 1 saturated heterocycles. The van der Waals surface area contributed by atoms with E-state index in [1.54, 1.807) is 0 Å². The lowest BCUT2D eigenvalue weighted by Gasteiger charge is -2.42. The fourth-order valence-electron chi connectivity index (χ4n) is 3.91. The Morgan fingerprint density at radius 3 is 2.41 bits per heavy atom. The van der Waals surface area contributed by atoms with Gasteiger partial charge in [0.15, 0.2) is 15.8 Å². The molecule has 1 N–H and O–H groups in total. The van der Waals surface area contributed by atoms with Crippen molar-refractivity contribution in [2.24, 2.45) is 4.99 Å². The topological polar surface area (TPSA) is 61.8 Å². The average Bonchev–Trinajstić information content (AvgIpc) is 2.56. The molecular formula is C20H32IN3O2S. The van der Waals surface area contributed by atoms with E-state index in [0.717, 1.165) is 19.0 Å². The van der Waals surface area contributed by atoms with E-state index in [1.807, 2.05) is 13.8 Å². The van der Waals surface area contributed by atoms with E-state index in [1.165, 1.54) is 24.8 Å². The summed E-state index contributed by atoms with van der Waals surface area (Å²) in [7, 11) is -3.05. The first-order valence-corrected chi connectivity index (χ1v) is 11.3. The number of hydrogen-bond acceptors (Lipinski definition) is 3. The quantitative estimate of drug-likeness (QED) is 0.388. The van der Waals surface area contributed by atoms with Gasteiger partial charge in [0, 0.05) is 25.0 Å². The molecule has 1 aromatic rings. The van der Waals surface area contributed by atoms with Gasteiger partial charge in [0.1, 0.15) is 0 Å². The van der Waals surface area contributed by atoms with Gasteiger partial charge < -0.3 is 10.2 Å². The lowest BCUT2D eigenvalue weighted by atomic mass is 9.64. The molecule has 2 aliphatic rings. The second-order valence-electron chi connectivity index (χ2n) is 8.17. The summed E-state index contributed by atoms with van der Waals surface area (Å²) in [6.45, 7) is 8.21. The lowest BCUT2D eigenvalue weighted by molar-refractivity contribution is 0.251. The maximum absolute atomic E-state index is 12.3. The molecule has 7 heteroatoms. The van der Waals surface area contributed by atoms with Crippen molar-refractivity contribution in [1.82, 2.24) is 10.2 Å². The predicted molar refractivity (Wildman–Crippen MR) is 123 cm³/mol. The molecule has 1 aromatic carbocycles. The number of nitrogens with one attached hydrogen (secondary N) is 1. The van der Waals surface area contributed by atoms with Crippen LogP contribution < -0.4 is 5.32 Å². The van der Waals surface area contributed by atoms with Crippen LogP contribution in [0.5, 0.6) is 0 Å². The van der Waals surface area contributed by atoms with E-state index < -0.39 is 14.6 Å². The Labute approximate surface area is 181 Å². The van der Waals surface area contributed by atoms with E-state index in [9.17, 15) is 8.42 Å². The maximum atomic E-state index is 12.3. The Kier molecular flexibility index (Phi) is 7.22. The van der Waals surface area contributed by atoms with E-state index in [0.29, 0.717) is 13.1 Å². The minimum Gasteiger partial charge on any atom is -0.357 e. The highest BCUT2D eigenvalue weighted by Crippen LogP contribution is 2.44. The molecular weight excluding hydrogens is 473 g/mol. The van der Waals surface area contributed by atoms with Gasteiger partial charge >= 0.3 is 0 Å². The van der Waals surface area contributed by atoms with E-state index in [4.69, 9.17) is 4.99 Å². The fourth-order valence-corrected chi connectivity index (χ4v) is 5.28. The van der Waals surface area contributed by atoms with Crippen molar-refractivity contribution in [3.05, 3.63) is 35.9 Å². The van der Waals surface area contributed by atoms with Crippen LogP contribution in [0.15, 0.2) is 35.3 Å². The SMILES string of the molecule is CCNC(=NCC1(c2ccccc2)CCC1)N1CCS(=O)(=O)C(C)(C)C1.I. The third-order valence-electron chi connectivity index (χ3n) is 5.91. The van der Waals surface area contributed by atoms with Gasteiger partial charge in [0.2, 0.25) is 0 Å². The summed E-state index contributed by atoms with van der Waals surface area (Å²) in [6.07, 6.45) is 3.58. The summed E-state index contributed by atoms with van der Waals surface area (Å²) in [5.74, 6) is 1.03. The summed E-state index contributed by atoms with van der Waals surface area (Å²) in [5.41, 5.74) is 1.51. The molecule has 3 rings (SSSR count). The normalized spacial score (nSPS) is 23.1. The minimum absolute atomic E-state index is 0. The van der Waals surface area contributed by atoms with Crippen LogP contribution in [0.25, 0.3) is 0 Å². The number of nitrogens with zero attached hydrogens (tertiary/aromatic N) is 2. The summed E-state index contributed by atoms with van der Waals surface area (Å²) in [6, 6.07) is 10.7. The van der Waals surface area contributed by atoms with Crippen LogP contribution in [0, 0.1) is 0 Å². The van der Waals surface area contributed by atoms with Crippen LogP contribution in [0.2, 0.25) is 0 Å². The van der Waals surface area contributed by atoms with Crippen molar-refractivity contribution in [2.75, 3.05) is 31.9 Å². The molecule has 0 unspecified atom stereocenters. The standard InChI is InChI=1S/C20H31N3O2S.HI/c1-4-21-18(23-13-14-26(24,25)19(2,3)16-23)22-15-20(11-8-12-20)17-9-6-5-7-10-17;/h5-7,9-10H,4,8,11-16H2,1-3H3,(H,21,22);1H. The first-order chi connectivity index (χ1) is 12.3. The smallest absolute Gasteiger partial charge is 0.194 e. The molecule has 27 heavy (non-hydrogen) atoms. The zero-order chi connectivity index (χ0) is 18.8. The van der Waals surface area contributed by atoms with E-state index >= 15 is 0 Å². The van der Waals surface area contributed by atoms with Gasteiger partial charge in [-0.3, -0.25) is 4.99 Å². The van der Waals surface area contributed by atoms with Crippen molar-refractivity contribution in [2.45, 2.75) is 50.2 Å². The van der Waals surface area contributed by atoms with Crippen molar-refractivity contribution in [3.8, 4) is 0 Å². The minimum atomic E-state index is -3.05. The molecule has 152 valence electrons. The Bertz CT molecular complexity index is 759. The van der Waals surface area contributed by atoms with Gasteiger partial charge in [0.25, 0.3) is 0 Å². The lowest BCUT2D eigenvalue weighted by Crippen LogP contribution is -2.57. The molecule has 1 saturated carbocycles. The van der Waals surface area contributed by atoms with Gasteiger partial charge in [-0.1, -0.05) is 36.8 Å². The fraction of sp³-hybridized carbons (Fsp3) is 0.650. The first kappa shape index (κ1) is 22.5. The Hall–Kier alpha value is -0.830. The summed E-state index contributed by atoms with van der Waals surface area (Å²) >= 11 is 0. The highest BCUT2D eigenvalue weighted by Gasteiger charge is 2.42. The van der Waals surface area contributed by atoms with Crippen LogP contribution in [0.3, 0.4) is 0 Å². The van der Waals surface area contributed by atoms with Gasteiger partial charge in [-0.2, -0.15) is 0 Å². The number of halogens is 1. The zero-order valence-corrected chi connectivity index (χ0v) is 19.7. The molecule has 1 heterocycles. The second kappa shape index (κ2) is 8.68. The molecule has 0 bridgehead atoms. The second-order valence-corrected chi connectivity index (χ2v) is 10.9. The number of aliphatic imine (C=N–C) groups is 1. The molecule has 0 atom stereocenters. The number of sulfone groups is 1. The highest BCUT2D eigenvalue weighted by molar-refractivity contribution is 14.0. The van der Waals surface area contributed by atoms with Crippen LogP contribution in [0.4, 0.5) is 0 Å². The van der Waals surface area contributed by atoms with Gasteiger partial charge in [-0.15, -0.1) is 24.0 Å². The molecule has 1 aliphatic heterocycles. The van der Waals surface area contributed by atoms with Crippen molar-refractivity contribution >= 4 is 39.8 Å². The van der Waals surface area contributed by atoms with Crippen molar-refractivity contribution in [1.29, 1.82) is 0 Å². The largest absolute Gasteiger partial charge is 0.357 e. The third kappa shape index (κ3) is 4.60. The summed E-state index contributed by atoms with van der Waals surface area (Å²) in [4.78, 5) is 7.07. The number of guanidine groups is 1. The van der Waals surface area contributed by atoms with Crippen molar-refractivity contribution in [3.63, 3.8) is 0 Å². The molecule has 2 fully saturated rings. The molecule has 0 amide bonds. The van der Waals surface area contributed by atoms with Gasteiger partial charge in [-0.05, 0) is 39.2 Å². The van der Waals surface area contributed by atoms with Crippen LogP contribution in [-0.4, -0.2) is 56.0 Å². The number of rotatable bonds is 4. The monoisotopic (exact) mass is 505 g/mol. The van der Waals surface area contributed by atoms with Crippen LogP contribution in [-0.2, 0) is 15.3 Å². The van der Waals surface area contributed by atoms with E-state index in [-0.39, 0.29) is 35.1 Å². The molecule has 5 nitrogen and oxygen atoms in total. The highest BCUT2D eigenvalue weighted by atomic mass is 127. The Morgan fingerprint density at radius 1 is 1.22 bits per heavy atom. The Balaban J connectivity index is 0.00000261. The van der Waals surface area contributed by atoms with Gasteiger partial charge in [-0.25, -0.2) is 8.42 Å².